The largest absolute Gasteiger partial charge is 0.490 e. The predicted octanol–water partition coefficient (Wildman–Crippen LogP) is 4.21. The van der Waals surface area contributed by atoms with Gasteiger partial charge in [-0.05, 0) is 36.1 Å². The zero-order valence-electron chi connectivity index (χ0n) is 17.4. The van der Waals surface area contributed by atoms with Crippen LogP contribution < -0.4 is 15.0 Å². The molecule has 1 saturated carbocycles. The van der Waals surface area contributed by atoms with Crippen LogP contribution in [0.5, 0.6) is 11.8 Å². The van der Waals surface area contributed by atoms with Crippen LogP contribution in [0, 0.1) is 0 Å². The highest BCUT2D eigenvalue weighted by molar-refractivity contribution is 5.63. The molecule has 2 aliphatic rings. The Morgan fingerprint density at radius 2 is 1.74 bits per heavy atom. The number of aromatic nitrogens is 2. The van der Waals surface area contributed by atoms with Crippen LogP contribution in [-0.4, -0.2) is 28.4 Å². The fraction of sp³-hybridized carbons (Fsp3) is 0.360. The van der Waals surface area contributed by atoms with Crippen LogP contribution in [0.1, 0.15) is 31.4 Å². The Hall–Kier alpha value is -3.12. The molecule has 5 rings (SSSR count). The van der Waals surface area contributed by atoms with Crippen molar-refractivity contribution in [2.45, 2.75) is 51.0 Å². The average Bonchev–Trinajstić information content (AvgIpc) is 3.47. The van der Waals surface area contributed by atoms with Crippen molar-refractivity contribution in [3.63, 3.8) is 0 Å². The summed E-state index contributed by atoms with van der Waals surface area (Å²) in [6, 6.07) is 20.2. The molecule has 31 heavy (non-hydrogen) atoms. The van der Waals surface area contributed by atoms with E-state index in [0.717, 1.165) is 29.8 Å². The highest BCUT2D eigenvalue weighted by atomic mass is 16.6. The molecule has 2 heterocycles. The Morgan fingerprint density at radius 3 is 2.52 bits per heavy atom. The fourth-order valence-corrected chi connectivity index (χ4v) is 4.23. The van der Waals surface area contributed by atoms with Crippen molar-refractivity contribution < 1.29 is 14.2 Å². The number of fused-ring (bicyclic) bond motifs is 1. The summed E-state index contributed by atoms with van der Waals surface area (Å²) in [4.78, 5) is 16.0. The van der Waals surface area contributed by atoms with E-state index < -0.39 is 0 Å². The third-order valence-electron chi connectivity index (χ3n) is 5.90. The van der Waals surface area contributed by atoms with Crippen LogP contribution in [0.2, 0.25) is 0 Å². The summed E-state index contributed by atoms with van der Waals surface area (Å²) in [7, 11) is 0. The first-order valence-corrected chi connectivity index (χ1v) is 10.9. The number of nitrogens with zero attached hydrogens (tertiary/aromatic N) is 2. The molecule has 1 fully saturated rings. The van der Waals surface area contributed by atoms with Crippen molar-refractivity contribution in [1.82, 2.24) is 9.55 Å². The van der Waals surface area contributed by atoms with Crippen molar-refractivity contribution in [1.29, 1.82) is 0 Å². The highest BCUT2D eigenvalue weighted by Gasteiger charge is 2.27. The van der Waals surface area contributed by atoms with Crippen LogP contribution >= 0.6 is 0 Å². The fourth-order valence-electron chi connectivity index (χ4n) is 4.23. The lowest BCUT2D eigenvalue weighted by Gasteiger charge is -2.14. The van der Waals surface area contributed by atoms with Gasteiger partial charge in [-0.2, -0.15) is 4.98 Å². The molecule has 1 aliphatic heterocycles. The summed E-state index contributed by atoms with van der Waals surface area (Å²) < 4.78 is 19.8. The maximum atomic E-state index is 12.0. The van der Waals surface area contributed by atoms with Gasteiger partial charge in [-0.1, -0.05) is 55.3 Å². The number of hydrogen-bond donors (Lipinski definition) is 0. The summed E-state index contributed by atoms with van der Waals surface area (Å²) in [6.07, 6.45) is 4.71. The van der Waals surface area contributed by atoms with Gasteiger partial charge >= 0.3 is 6.01 Å². The molecule has 1 atom stereocenters. The van der Waals surface area contributed by atoms with Gasteiger partial charge in [0.05, 0.1) is 24.9 Å². The van der Waals surface area contributed by atoms with Gasteiger partial charge in [0, 0.05) is 6.07 Å². The lowest BCUT2D eigenvalue weighted by Crippen LogP contribution is -2.23. The van der Waals surface area contributed by atoms with Gasteiger partial charge in [0.1, 0.15) is 12.4 Å². The molecule has 160 valence electrons. The second-order valence-corrected chi connectivity index (χ2v) is 8.14. The lowest BCUT2D eigenvalue weighted by atomic mass is 10.1. The summed E-state index contributed by atoms with van der Waals surface area (Å²) in [5.74, 6) is 0.784. The molecular formula is C25H26N2O4. The normalized spacial score (nSPS) is 18.0. The number of ether oxygens (including phenoxy) is 3. The molecule has 3 aromatic rings. The van der Waals surface area contributed by atoms with Gasteiger partial charge in [0.2, 0.25) is 0 Å². The molecule has 6 heteroatoms. The Morgan fingerprint density at radius 1 is 1.00 bits per heavy atom. The lowest BCUT2D eigenvalue weighted by molar-refractivity contribution is 0.0418. The zero-order chi connectivity index (χ0) is 21.0. The molecule has 0 spiro atoms. The molecule has 1 aliphatic carbocycles. The number of hydrogen-bond acceptors (Lipinski definition) is 5. The molecule has 0 amide bonds. The molecule has 2 aromatic carbocycles. The minimum Gasteiger partial charge on any atom is -0.490 e. The van der Waals surface area contributed by atoms with Crippen molar-refractivity contribution in [3.8, 4) is 22.9 Å². The van der Waals surface area contributed by atoms with Gasteiger partial charge in [-0.25, -0.2) is 0 Å². The van der Waals surface area contributed by atoms with E-state index in [1.54, 1.807) is 6.07 Å². The van der Waals surface area contributed by atoms with Crippen LogP contribution in [0.25, 0.3) is 11.1 Å². The average molecular weight is 418 g/mol. The van der Waals surface area contributed by atoms with Crippen LogP contribution in [0.3, 0.4) is 0 Å². The standard InChI is InChI=1S/C25H26N2O4/c28-24-14-20(16-29-21-8-4-5-9-21)27-15-23(31-25(27)26-24)17-30-22-12-10-19(11-13-22)18-6-2-1-3-7-18/h1-3,6-7,10-14,21,23H,4-5,8-9,15-17H2. The third kappa shape index (κ3) is 4.64. The van der Waals surface area contributed by atoms with E-state index in [1.807, 2.05) is 47.0 Å². The minimum atomic E-state index is -0.297. The summed E-state index contributed by atoms with van der Waals surface area (Å²) in [5.41, 5.74) is 2.84. The maximum Gasteiger partial charge on any atom is 0.300 e. The van der Waals surface area contributed by atoms with Crippen LogP contribution in [0.4, 0.5) is 0 Å². The van der Waals surface area contributed by atoms with E-state index >= 15 is 0 Å². The van der Waals surface area contributed by atoms with Crippen molar-refractivity contribution >= 4 is 0 Å². The van der Waals surface area contributed by atoms with Crippen molar-refractivity contribution in [3.05, 3.63) is 76.7 Å². The number of rotatable bonds is 7. The van der Waals surface area contributed by atoms with Gasteiger partial charge in [-0.3, -0.25) is 9.36 Å². The molecular weight excluding hydrogens is 392 g/mol. The van der Waals surface area contributed by atoms with E-state index in [0.29, 0.717) is 31.9 Å². The van der Waals surface area contributed by atoms with Gasteiger partial charge in [-0.15, -0.1) is 0 Å². The van der Waals surface area contributed by atoms with Gasteiger partial charge in [0.15, 0.2) is 6.10 Å². The summed E-state index contributed by atoms with van der Waals surface area (Å²) in [5, 5.41) is 0. The van der Waals surface area contributed by atoms with E-state index in [4.69, 9.17) is 14.2 Å². The van der Waals surface area contributed by atoms with Crippen molar-refractivity contribution in [2.24, 2.45) is 0 Å². The Kier molecular flexibility index (Phi) is 5.71. The molecule has 0 N–H and O–H groups in total. The summed E-state index contributed by atoms with van der Waals surface area (Å²) in [6.45, 7) is 1.38. The van der Waals surface area contributed by atoms with Gasteiger partial charge < -0.3 is 14.2 Å². The monoisotopic (exact) mass is 418 g/mol. The van der Waals surface area contributed by atoms with Crippen molar-refractivity contribution in [2.75, 3.05) is 6.61 Å². The molecule has 1 aromatic heterocycles. The molecule has 0 radical (unpaired) electrons. The first-order chi connectivity index (χ1) is 15.2. The topological polar surface area (TPSA) is 62.6 Å². The Balaban J connectivity index is 1.20. The summed E-state index contributed by atoms with van der Waals surface area (Å²) >= 11 is 0. The second kappa shape index (κ2) is 8.94. The van der Waals surface area contributed by atoms with Gasteiger partial charge in [0.25, 0.3) is 5.56 Å². The zero-order valence-corrected chi connectivity index (χ0v) is 17.4. The van der Waals surface area contributed by atoms with E-state index in [9.17, 15) is 4.79 Å². The number of benzene rings is 2. The first-order valence-electron chi connectivity index (χ1n) is 10.9. The highest BCUT2D eigenvalue weighted by Crippen LogP contribution is 2.26. The molecule has 0 bridgehead atoms. The molecule has 0 saturated heterocycles. The predicted molar refractivity (Wildman–Crippen MR) is 117 cm³/mol. The Bertz CT molecular complexity index is 1070. The second-order valence-electron chi connectivity index (χ2n) is 8.14. The van der Waals surface area contributed by atoms with E-state index in [1.165, 1.54) is 18.4 Å². The van der Waals surface area contributed by atoms with Crippen LogP contribution in [0.15, 0.2) is 65.5 Å². The Labute approximate surface area is 181 Å². The smallest absolute Gasteiger partial charge is 0.300 e. The maximum absolute atomic E-state index is 12.0. The van der Waals surface area contributed by atoms with Crippen LogP contribution in [-0.2, 0) is 17.9 Å². The molecule has 1 unspecified atom stereocenters. The third-order valence-corrected chi connectivity index (χ3v) is 5.90. The van der Waals surface area contributed by atoms with E-state index in [-0.39, 0.29) is 11.7 Å². The minimum absolute atomic E-state index is 0.201. The van der Waals surface area contributed by atoms with E-state index in [2.05, 4.69) is 17.1 Å². The SMILES string of the molecule is O=c1cc(COC2CCCC2)n2c(n1)OC(COc1ccc(-c3ccccc3)cc1)C2. The quantitative estimate of drug-likeness (QED) is 0.575. The first kappa shape index (κ1) is 19.8. The molecule has 6 nitrogen and oxygen atoms in total.